The van der Waals surface area contributed by atoms with Crippen molar-refractivity contribution in [3.05, 3.63) is 14.9 Å². The molecule has 0 radical (unpaired) electrons. The molecule has 0 bridgehead atoms. The molecule has 0 aliphatic heterocycles. The Morgan fingerprint density at radius 2 is 0.957 bits per heavy atom. The van der Waals surface area contributed by atoms with Crippen LogP contribution >= 0.6 is 17.0 Å². The van der Waals surface area contributed by atoms with Crippen molar-refractivity contribution in [3.63, 3.8) is 0 Å². The maximum atomic E-state index is 4.93. The van der Waals surface area contributed by atoms with Gasteiger partial charge in [0.2, 0.25) is 0 Å². The first-order valence-electron chi connectivity index (χ1n) is 9.24. The van der Waals surface area contributed by atoms with E-state index in [2.05, 4.69) is 13.8 Å². The van der Waals surface area contributed by atoms with E-state index in [0.717, 1.165) is 11.8 Å². The van der Waals surface area contributed by atoms with E-state index >= 15 is 0 Å². The second-order valence-corrected chi connectivity index (χ2v) is 10.4. The average Bonchev–Trinajstić information content (AvgIpc) is 3.18. The Bertz CT molecular complexity index is 168. The van der Waals surface area contributed by atoms with Crippen LogP contribution in [-0.2, 0) is 20.8 Å². The van der Waals surface area contributed by atoms with E-state index in [1.165, 1.54) is 89.9 Å². The van der Waals surface area contributed by atoms with Crippen LogP contribution in [0, 0.1) is 26.7 Å². The van der Waals surface area contributed by atoms with Crippen molar-refractivity contribution in [2.75, 3.05) is 0 Å². The molecule has 0 atom stereocenters. The topological polar surface area (TPSA) is 0 Å². The van der Waals surface area contributed by atoms with Crippen molar-refractivity contribution in [1.29, 1.82) is 0 Å². The molecule has 2 saturated carbocycles. The summed E-state index contributed by atoms with van der Waals surface area (Å²) in [5, 5.41) is 0. The summed E-state index contributed by atoms with van der Waals surface area (Å²) in [6.07, 6.45) is 20.9. The molecule has 2 rings (SSSR count). The second-order valence-electron chi connectivity index (χ2n) is 6.66. The Labute approximate surface area is 167 Å². The second kappa shape index (κ2) is 23.5. The monoisotopic (exact) mass is 442 g/mol. The van der Waals surface area contributed by atoms with Crippen LogP contribution in [0.25, 0.3) is 0 Å². The van der Waals surface area contributed by atoms with E-state index in [-0.39, 0.29) is 14.9 Å². The summed E-state index contributed by atoms with van der Waals surface area (Å²) in [5.41, 5.74) is 0. The van der Waals surface area contributed by atoms with Gasteiger partial charge in [0, 0.05) is 0 Å². The number of hydrogen-bond acceptors (Lipinski definition) is 0. The molecule has 3 heteroatoms. The molecule has 0 N–H and O–H groups in total. The zero-order valence-corrected chi connectivity index (χ0v) is 20.3. The number of halogens is 2. The van der Waals surface area contributed by atoms with Crippen molar-refractivity contribution in [2.45, 2.75) is 104 Å². The summed E-state index contributed by atoms with van der Waals surface area (Å²) in [4.78, 5) is 0. The summed E-state index contributed by atoms with van der Waals surface area (Å²) in [6, 6.07) is 0. The molecular formula is C20H42Cl2Zr. The quantitative estimate of drug-likeness (QED) is 0.358. The third-order valence-electron chi connectivity index (χ3n) is 4.88. The zero-order valence-electron chi connectivity index (χ0n) is 16.3. The van der Waals surface area contributed by atoms with Crippen molar-refractivity contribution in [1.82, 2.24) is 0 Å². The molecule has 0 spiro atoms. The first-order valence-corrected chi connectivity index (χ1v) is 15.6. The normalized spacial score (nSPS) is 16.9. The first-order chi connectivity index (χ1) is 10.3. The van der Waals surface area contributed by atoms with Crippen LogP contribution in [0.2, 0.25) is 0 Å². The number of unbranched alkanes of at least 4 members (excludes halogenated alkanes) is 2. The van der Waals surface area contributed by atoms with Crippen LogP contribution in [0.5, 0.6) is 0 Å². The van der Waals surface area contributed by atoms with Crippen molar-refractivity contribution in [2.24, 2.45) is 11.8 Å². The molecule has 2 aliphatic carbocycles. The Hall–Kier alpha value is 1.46. The molecule has 2 aliphatic rings. The predicted molar refractivity (Wildman–Crippen MR) is 108 cm³/mol. The van der Waals surface area contributed by atoms with E-state index in [1.54, 1.807) is 0 Å². The van der Waals surface area contributed by atoms with E-state index in [0.29, 0.717) is 0 Å². The molecule has 0 aromatic carbocycles. The minimum atomic E-state index is -0.826. The number of hydrogen-bond donors (Lipinski definition) is 0. The Balaban J connectivity index is -0.000000277. The molecule has 0 unspecified atom stereocenters. The molecule has 2 fully saturated rings. The molecule has 0 aromatic heterocycles. The first kappa shape index (κ1) is 29.2. The molecule has 0 nitrogen and oxygen atoms in total. The molecule has 0 aromatic rings. The summed E-state index contributed by atoms with van der Waals surface area (Å²) in [7, 11) is 9.87. The molecule has 140 valence electrons. The van der Waals surface area contributed by atoms with Gasteiger partial charge in [-0.2, -0.15) is 0 Å². The SMILES string of the molecule is CCCCC1CCCC1.CCCCC1CCCC1.[CH3-].[CH3-].[Cl][Zr+2][Cl]. The zero-order chi connectivity index (χ0) is 15.8. The minimum absolute atomic E-state index is 0. The molecule has 23 heavy (non-hydrogen) atoms. The maximum absolute atomic E-state index is 4.93. The van der Waals surface area contributed by atoms with Gasteiger partial charge in [0.1, 0.15) is 0 Å². The fourth-order valence-electron chi connectivity index (χ4n) is 3.58. The van der Waals surface area contributed by atoms with Gasteiger partial charge in [-0.3, -0.25) is 0 Å². The molecular weight excluding hydrogens is 402 g/mol. The molecule has 0 heterocycles. The van der Waals surface area contributed by atoms with Crippen LogP contribution in [-0.4, -0.2) is 0 Å². The summed E-state index contributed by atoms with van der Waals surface area (Å²) >= 11 is -0.826. The summed E-state index contributed by atoms with van der Waals surface area (Å²) in [6.45, 7) is 4.57. The van der Waals surface area contributed by atoms with Crippen molar-refractivity contribution >= 4 is 17.0 Å². The van der Waals surface area contributed by atoms with E-state index in [9.17, 15) is 0 Å². The average molecular weight is 445 g/mol. The van der Waals surface area contributed by atoms with Gasteiger partial charge in [0.05, 0.1) is 0 Å². The van der Waals surface area contributed by atoms with Gasteiger partial charge in [-0.1, -0.05) is 104 Å². The summed E-state index contributed by atoms with van der Waals surface area (Å²) < 4.78 is 0. The van der Waals surface area contributed by atoms with Gasteiger partial charge in [0.25, 0.3) is 0 Å². The van der Waals surface area contributed by atoms with Gasteiger partial charge < -0.3 is 14.9 Å². The standard InChI is InChI=1S/2C9H18.2CH3.2ClH.Zr/c2*1-2-3-6-9-7-4-5-8-9;;;;;/h2*9H,2-8H2,1H3;2*1H3;2*1H;/q;;2*-1;;;+4/p-2. The van der Waals surface area contributed by atoms with Crippen molar-refractivity contribution < 1.29 is 20.8 Å². The van der Waals surface area contributed by atoms with Gasteiger partial charge >= 0.3 is 37.9 Å². The van der Waals surface area contributed by atoms with E-state index < -0.39 is 20.8 Å². The van der Waals surface area contributed by atoms with Gasteiger partial charge in [-0.25, -0.2) is 0 Å². The Morgan fingerprint density at radius 1 is 0.696 bits per heavy atom. The fraction of sp³-hybridized carbons (Fsp3) is 0.900. The van der Waals surface area contributed by atoms with Crippen LogP contribution < -0.4 is 0 Å². The third kappa shape index (κ3) is 19.6. The Morgan fingerprint density at radius 3 is 1.17 bits per heavy atom. The molecule has 0 saturated heterocycles. The van der Waals surface area contributed by atoms with Crippen molar-refractivity contribution in [3.8, 4) is 0 Å². The predicted octanol–water partition coefficient (Wildman–Crippen LogP) is 9.01. The number of rotatable bonds is 6. The van der Waals surface area contributed by atoms with Crippen LogP contribution in [0.1, 0.15) is 104 Å². The molecule has 0 amide bonds. The summed E-state index contributed by atoms with van der Waals surface area (Å²) in [5.74, 6) is 2.23. The Kier molecular flexibility index (Phi) is 29.8. The van der Waals surface area contributed by atoms with Crippen LogP contribution in [0.3, 0.4) is 0 Å². The van der Waals surface area contributed by atoms with Crippen LogP contribution in [0.15, 0.2) is 0 Å². The van der Waals surface area contributed by atoms with Gasteiger partial charge in [-0.15, -0.1) is 0 Å². The fourth-order valence-corrected chi connectivity index (χ4v) is 3.58. The van der Waals surface area contributed by atoms with Gasteiger partial charge in [-0.05, 0) is 11.8 Å². The van der Waals surface area contributed by atoms with Crippen LogP contribution in [0.4, 0.5) is 0 Å². The van der Waals surface area contributed by atoms with E-state index in [4.69, 9.17) is 17.0 Å². The van der Waals surface area contributed by atoms with Gasteiger partial charge in [0.15, 0.2) is 0 Å². The third-order valence-corrected chi connectivity index (χ3v) is 4.88. The van der Waals surface area contributed by atoms with E-state index in [1.807, 2.05) is 0 Å².